The van der Waals surface area contributed by atoms with Crippen molar-refractivity contribution in [2.45, 2.75) is 13.5 Å². The quantitative estimate of drug-likeness (QED) is 0.542. The lowest BCUT2D eigenvalue weighted by molar-refractivity contribution is 0.101. The molecule has 1 amide bonds. The Bertz CT molecular complexity index is 1040. The molecule has 0 spiro atoms. The Balaban J connectivity index is 1.69. The van der Waals surface area contributed by atoms with Gasteiger partial charge in [-0.3, -0.25) is 10.1 Å². The maximum atomic E-state index is 11.8. The van der Waals surface area contributed by atoms with Gasteiger partial charge >= 0.3 is 11.7 Å². The minimum atomic E-state index is -0.691. The molecular weight excluding hydrogens is 358 g/mol. The summed E-state index contributed by atoms with van der Waals surface area (Å²) in [7, 11) is 0. The van der Waals surface area contributed by atoms with Crippen molar-refractivity contribution in [3.63, 3.8) is 0 Å². The van der Waals surface area contributed by atoms with Gasteiger partial charge in [-0.1, -0.05) is 23.7 Å². The van der Waals surface area contributed by atoms with Crippen molar-refractivity contribution in [2.75, 3.05) is 5.32 Å². The van der Waals surface area contributed by atoms with E-state index in [9.17, 15) is 14.4 Å². The molecule has 26 heavy (non-hydrogen) atoms. The van der Waals surface area contributed by atoms with Crippen LogP contribution in [0.3, 0.4) is 0 Å². The van der Waals surface area contributed by atoms with Crippen LogP contribution in [0.25, 0.3) is 11.0 Å². The molecule has 7 heteroatoms. The van der Waals surface area contributed by atoms with Crippen molar-refractivity contribution in [1.82, 2.24) is 0 Å². The zero-order chi connectivity index (χ0) is 18.7. The van der Waals surface area contributed by atoms with Crippen molar-refractivity contribution in [3.05, 3.63) is 75.1 Å². The van der Waals surface area contributed by atoms with E-state index < -0.39 is 11.7 Å². The monoisotopic (exact) mass is 371 g/mol. The number of carbonyl (C=O) groups excluding carboxylic acids is 2. The molecule has 3 rings (SSSR count). The number of halogens is 1. The number of fused-ring (bicyclic) bond motifs is 1. The molecule has 6 nitrogen and oxygen atoms in total. The first kappa shape index (κ1) is 17.7. The molecule has 2 aromatic carbocycles. The SMILES string of the molecule is CC(=O)c1cc2ccc(COC(=O)Nc3ccc(Cl)cc3)cc2oc1=O. The third-order valence-electron chi connectivity index (χ3n) is 3.64. The lowest BCUT2D eigenvalue weighted by atomic mass is 10.1. The normalized spacial score (nSPS) is 10.5. The van der Waals surface area contributed by atoms with Crippen LogP contribution in [-0.4, -0.2) is 11.9 Å². The van der Waals surface area contributed by atoms with Gasteiger partial charge in [0.2, 0.25) is 0 Å². The van der Waals surface area contributed by atoms with E-state index in [2.05, 4.69) is 5.32 Å². The number of ether oxygens (including phenoxy) is 1. The summed E-state index contributed by atoms with van der Waals surface area (Å²) in [6, 6.07) is 13.1. The Morgan fingerprint density at radius 1 is 1.12 bits per heavy atom. The summed E-state index contributed by atoms with van der Waals surface area (Å²) in [5.74, 6) is -0.355. The Morgan fingerprint density at radius 2 is 1.85 bits per heavy atom. The average molecular weight is 372 g/mol. The van der Waals surface area contributed by atoms with Crippen LogP contribution in [0, 0.1) is 0 Å². The number of ketones is 1. The Morgan fingerprint density at radius 3 is 2.54 bits per heavy atom. The van der Waals surface area contributed by atoms with Crippen LogP contribution in [0.4, 0.5) is 10.5 Å². The molecule has 0 fully saturated rings. The molecule has 0 atom stereocenters. The fraction of sp³-hybridized carbons (Fsp3) is 0.105. The van der Waals surface area contributed by atoms with E-state index in [0.717, 1.165) is 0 Å². The predicted molar refractivity (Wildman–Crippen MR) is 97.7 cm³/mol. The Hall–Kier alpha value is -3.12. The minimum absolute atomic E-state index is 0.00356. The van der Waals surface area contributed by atoms with Crippen LogP contribution in [0.1, 0.15) is 22.8 Å². The van der Waals surface area contributed by atoms with Crippen LogP contribution < -0.4 is 10.9 Å². The van der Waals surface area contributed by atoms with Crippen LogP contribution in [0.5, 0.6) is 0 Å². The van der Waals surface area contributed by atoms with E-state index in [1.54, 1.807) is 42.5 Å². The van der Waals surface area contributed by atoms with Crippen molar-refractivity contribution in [2.24, 2.45) is 0 Å². The number of amides is 1. The smallest absolute Gasteiger partial charge is 0.411 e. The number of carbonyl (C=O) groups is 2. The molecule has 0 saturated heterocycles. The number of nitrogens with one attached hydrogen (secondary N) is 1. The molecular formula is C19H14ClNO5. The molecule has 1 heterocycles. The lowest BCUT2D eigenvalue weighted by Gasteiger charge is -2.08. The van der Waals surface area contributed by atoms with Gasteiger partial charge in [0.15, 0.2) is 5.78 Å². The maximum Gasteiger partial charge on any atom is 0.411 e. The largest absolute Gasteiger partial charge is 0.444 e. The van der Waals surface area contributed by atoms with Gasteiger partial charge in [-0.2, -0.15) is 0 Å². The molecule has 0 aliphatic carbocycles. The summed E-state index contributed by atoms with van der Waals surface area (Å²) in [6.45, 7) is 1.30. The predicted octanol–water partition coefficient (Wildman–Crippen LogP) is 4.40. The van der Waals surface area contributed by atoms with E-state index in [-0.39, 0.29) is 18.0 Å². The van der Waals surface area contributed by atoms with Crippen LogP contribution in [0.2, 0.25) is 5.02 Å². The standard InChI is InChI=1S/C19H14ClNO5/c1-11(22)16-9-13-3-2-12(8-17(13)26-18(16)23)10-25-19(24)21-15-6-4-14(20)5-7-15/h2-9H,10H2,1H3,(H,21,24). The number of rotatable bonds is 4. The summed E-state index contributed by atoms with van der Waals surface area (Å²) in [6.07, 6.45) is -0.624. The van der Waals surface area contributed by atoms with Gasteiger partial charge in [-0.05, 0) is 48.9 Å². The number of benzene rings is 2. The second-order valence-corrected chi connectivity index (χ2v) is 6.02. The van der Waals surface area contributed by atoms with E-state index in [0.29, 0.717) is 27.2 Å². The number of hydrogen-bond acceptors (Lipinski definition) is 5. The summed E-state index contributed by atoms with van der Waals surface area (Å²) in [5, 5.41) is 3.75. The van der Waals surface area contributed by atoms with Gasteiger partial charge in [0.05, 0.1) is 0 Å². The minimum Gasteiger partial charge on any atom is -0.444 e. The number of anilines is 1. The Labute approximate surface area is 153 Å². The highest BCUT2D eigenvalue weighted by molar-refractivity contribution is 6.30. The third-order valence-corrected chi connectivity index (χ3v) is 3.89. The van der Waals surface area contributed by atoms with Gasteiger partial charge in [0.1, 0.15) is 17.8 Å². The summed E-state index contributed by atoms with van der Waals surface area (Å²) in [5.41, 5.74) is 0.828. The first-order valence-electron chi connectivity index (χ1n) is 7.69. The van der Waals surface area contributed by atoms with Gasteiger partial charge in [0, 0.05) is 16.1 Å². The molecule has 3 aromatic rings. The first-order valence-corrected chi connectivity index (χ1v) is 8.07. The first-order chi connectivity index (χ1) is 12.4. The topological polar surface area (TPSA) is 85.6 Å². The van der Waals surface area contributed by atoms with Crippen LogP contribution >= 0.6 is 11.6 Å². The average Bonchev–Trinajstić information content (AvgIpc) is 2.61. The molecule has 0 radical (unpaired) electrons. The van der Waals surface area contributed by atoms with E-state index >= 15 is 0 Å². The van der Waals surface area contributed by atoms with E-state index in [4.69, 9.17) is 20.8 Å². The van der Waals surface area contributed by atoms with Gasteiger partial charge in [-0.25, -0.2) is 9.59 Å². The number of Topliss-reactive ketones (excluding diaryl/α,β-unsaturated/α-hetero) is 1. The molecule has 0 unspecified atom stereocenters. The fourth-order valence-electron chi connectivity index (χ4n) is 2.33. The highest BCUT2D eigenvalue weighted by Crippen LogP contribution is 2.17. The zero-order valence-electron chi connectivity index (χ0n) is 13.7. The molecule has 0 bridgehead atoms. The number of hydrogen-bond donors (Lipinski definition) is 1. The third kappa shape index (κ3) is 4.10. The second kappa shape index (κ2) is 7.41. The highest BCUT2D eigenvalue weighted by atomic mass is 35.5. The van der Waals surface area contributed by atoms with Crippen LogP contribution in [0.15, 0.2) is 57.7 Å². The molecule has 0 aliphatic rings. The molecule has 1 N–H and O–H groups in total. The van der Waals surface area contributed by atoms with Gasteiger partial charge < -0.3 is 9.15 Å². The second-order valence-electron chi connectivity index (χ2n) is 5.58. The van der Waals surface area contributed by atoms with E-state index in [1.807, 2.05) is 0 Å². The van der Waals surface area contributed by atoms with Crippen molar-refractivity contribution in [1.29, 1.82) is 0 Å². The lowest BCUT2D eigenvalue weighted by Crippen LogP contribution is -2.13. The van der Waals surface area contributed by atoms with Crippen molar-refractivity contribution in [3.8, 4) is 0 Å². The van der Waals surface area contributed by atoms with Gasteiger partial charge in [-0.15, -0.1) is 0 Å². The molecule has 0 saturated carbocycles. The Kier molecular flexibility index (Phi) is 5.04. The molecule has 0 aliphatic heterocycles. The van der Waals surface area contributed by atoms with Gasteiger partial charge in [0.25, 0.3) is 0 Å². The van der Waals surface area contributed by atoms with Crippen LogP contribution in [-0.2, 0) is 11.3 Å². The summed E-state index contributed by atoms with van der Waals surface area (Å²) in [4.78, 5) is 35.0. The molecule has 1 aromatic heterocycles. The zero-order valence-corrected chi connectivity index (χ0v) is 14.5. The molecule has 132 valence electrons. The maximum absolute atomic E-state index is 11.8. The summed E-state index contributed by atoms with van der Waals surface area (Å²) >= 11 is 5.78. The summed E-state index contributed by atoms with van der Waals surface area (Å²) < 4.78 is 10.3. The van der Waals surface area contributed by atoms with Crippen molar-refractivity contribution >= 4 is 40.1 Å². The highest BCUT2D eigenvalue weighted by Gasteiger charge is 2.10. The van der Waals surface area contributed by atoms with E-state index in [1.165, 1.54) is 13.0 Å². The fourth-order valence-corrected chi connectivity index (χ4v) is 2.45. The van der Waals surface area contributed by atoms with Crippen molar-refractivity contribution < 1.29 is 18.7 Å².